The zero-order chi connectivity index (χ0) is 21.7. The first-order valence-corrected chi connectivity index (χ1v) is 10.0. The van der Waals surface area contributed by atoms with E-state index >= 15 is 0 Å². The average molecular weight is 467 g/mol. The molecule has 0 fully saturated rings. The molecule has 0 aliphatic rings. The van der Waals surface area contributed by atoms with Gasteiger partial charge >= 0.3 is 5.97 Å². The minimum absolute atomic E-state index is 0.226. The summed E-state index contributed by atoms with van der Waals surface area (Å²) < 4.78 is 11.3. The number of methoxy groups -OCH3 is 1. The molecule has 2 N–H and O–H groups in total. The zero-order valence-electron chi connectivity index (χ0n) is 15.9. The van der Waals surface area contributed by atoms with Gasteiger partial charge < -0.3 is 19.9 Å². The molecule has 0 aliphatic heterocycles. The molecular weight excluding hydrogens is 449 g/mol. The van der Waals surface area contributed by atoms with Crippen LogP contribution in [0, 0.1) is 0 Å². The van der Waals surface area contributed by atoms with Crippen LogP contribution >= 0.6 is 34.8 Å². The number of aromatic carboxylic acids is 1. The maximum atomic E-state index is 10.9. The largest absolute Gasteiger partial charge is 0.493 e. The van der Waals surface area contributed by atoms with E-state index in [1.165, 1.54) is 12.1 Å². The number of hydrogen-bond acceptors (Lipinski definition) is 4. The van der Waals surface area contributed by atoms with Crippen LogP contribution in [-0.2, 0) is 13.2 Å². The van der Waals surface area contributed by atoms with Crippen molar-refractivity contribution in [3.8, 4) is 11.5 Å². The van der Waals surface area contributed by atoms with Crippen LogP contribution in [0.5, 0.6) is 11.5 Å². The Balaban J connectivity index is 1.69. The summed E-state index contributed by atoms with van der Waals surface area (Å²) in [6.07, 6.45) is 0. The Labute approximate surface area is 189 Å². The summed E-state index contributed by atoms with van der Waals surface area (Å²) in [7, 11) is 1.55. The van der Waals surface area contributed by atoms with E-state index in [9.17, 15) is 4.79 Å². The van der Waals surface area contributed by atoms with E-state index in [4.69, 9.17) is 49.4 Å². The topological polar surface area (TPSA) is 67.8 Å². The van der Waals surface area contributed by atoms with Gasteiger partial charge in [-0.25, -0.2) is 4.79 Å². The Hall–Kier alpha value is -2.60. The highest BCUT2D eigenvalue weighted by molar-refractivity contribution is 6.42. The van der Waals surface area contributed by atoms with Gasteiger partial charge in [-0.2, -0.15) is 0 Å². The lowest BCUT2D eigenvalue weighted by atomic mass is 10.1. The van der Waals surface area contributed by atoms with E-state index < -0.39 is 5.97 Å². The summed E-state index contributed by atoms with van der Waals surface area (Å²) in [5.41, 5.74) is 2.66. The summed E-state index contributed by atoms with van der Waals surface area (Å²) in [6.45, 7) is 0.700. The molecule has 0 aromatic heterocycles. The van der Waals surface area contributed by atoms with Crippen molar-refractivity contribution in [2.45, 2.75) is 13.2 Å². The standard InChI is InChI=1S/C22H18Cl3NO4/c1-29-20-9-15(11-26-16-5-3-14(4-6-16)22(27)28)18(24)10-21(20)30-12-13-2-7-17(23)19(25)8-13/h2-10,26H,11-12H2,1H3,(H,27,28). The van der Waals surface area contributed by atoms with E-state index in [1.54, 1.807) is 43.5 Å². The maximum Gasteiger partial charge on any atom is 0.335 e. The van der Waals surface area contributed by atoms with Gasteiger partial charge in [0.1, 0.15) is 6.61 Å². The number of ether oxygens (including phenoxy) is 2. The first-order chi connectivity index (χ1) is 14.4. The van der Waals surface area contributed by atoms with E-state index in [1.807, 2.05) is 6.07 Å². The van der Waals surface area contributed by atoms with E-state index in [0.717, 1.165) is 16.8 Å². The molecule has 0 amide bonds. The molecule has 0 unspecified atom stereocenters. The SMILES string of the molecule is COc1cc(CNc2ccc(C(=O)O)cc2)c(Cl)cc1OCc1ccc(Cl)c(Cl)c1. The predicted molar refractivity (Wildman–Crippen MR) is 120 cm³/mol. The van der Waals surface area contributed by atoms with Gasteiger partial charge in [-0.15, -0.1) is 0 Å². The Morgan fingerprint density at radius 1 is 0.933 bits per heavy atom. The molecule has 0 saturated heterocycles. The lowest BCUT2D eigenvalue weighted by Crippen LogP contribution is -2.03. The molecule has 156 valence electrons. The Kier molecular flexibility index (Phi) is 7.32. The van der Waals surface area contributed by atoms with Gasteiger partial charge in [0, 0.05) is 23.3 Å². The quantitative estimate of drug-likeness (QED) is 0.394. The number of hydrogen-bond donors (Lipinski definition) is 2. The predicted octanol–water partition coefficient (Wildman–Crippen LogP) is 6.54. The molecule has 3 rings (SSSR count). The van der Waals surface area contributed by atoms with E-state index in [-0.39, 0.29) is 12.2 Å². The van der Waals surface area contributed by atoms with Crippen molar-refractivity contribution in [1.29, 1.82) is 0 Å². The molecule has 30 heavy (non-hydrogen) atoms. The molecule has 3 aromatic carbocycles. The highest BCUT2D eigenvalue weighted by Gasteiger charge is 2.12. The number of halogens is 3. The molecule has 0 aliphatic carbocycles. The van der Waals surface area contributed by atoms with Gasteiger partial charge in [0.05, 0.1) is 22.7 Å². The number of benzene rings is 3. The number of carboxylic acid groups (broad SMARTS) is 1. The second-order valence-electron chi connectivity index (χ2n) is 6.37. The van der Waals surface area contributed by atoms with Crippen molar-refractivity contribution in [2.75, 3.05) is 12.4 Å². The van der Waals surface area contributed by atoms with Crippen LogP contribution < -0.4 is 14.8 Å². The fourth-order valence-corrected chi connectivity index (χ4v) is 3.24. The van der Waals surface area contributed by atoms with Crippen LogP contribution in [0.2, 0.25) is 15.1 Å². The zero-order valence-corrected chi connectivity index (χ0v) is 18.2. The third-order valence-electron chi connectivity index (χ3n) is 4.33. The molecular formula is C22H18Cl3NO4. The number of nitrogens with one attached hydrogen (secondary N) is 1. The van der Waals surface area contributed by atoms with Gasteiger partial charge in [0.25, 0.3) is 0 Å². The van der Waals surface area contributed by atoms with Crippen LogP contribution in [0.25, 0.3) is 0 Å². The smallest absolute Gasteiger partial charge is 0.335 e. The highest BCUT2D eigenvalue weighted by Crippen LogP contribution is 2.34. The number of carboxylic acids is 1. The molecule has 0 atom stereocenters. The van der Waals surface area contributed by atoms with Crippen molar-refractivity contribution >= 4 is 46.5 Å². The van der Waals surface area contributed by atoms with E-state index in [0.29, 0.717) is 33.1 Å². The van der Waals surface area contributed by atoms with Crippen LogP contribution in [-0.4, -0.2) is 18.2 Å². The second-order valence-corrected chi connectivity index (χ2v) is 7.59. The van der Waals surface area contributed by atoms with Gasteiger partial charge in [0.2, 0.25) is 0 Å². The van der Waals surface area contributed by atoms with Crippen LogP contribution in [0.4, 0.5) is 5.69 Å². The molecule has 0 saturated carbocycles. The van der Waals surface area contributed by atoms with Gasteiger partial charge in [0.15, 0.2) is 11.5 Å². The fraction of sp³-hybridized carbons (Fsp3) is 0.136. The number of rotatable bonds is 8. The van der Waals surface area contributed by atoms with Crippen molar-refractivity contribution in [1.82, 2.24) is 0 Å². The summed E-state index contributed by atoms with van der Waals surface area (Å²) in [5, 5.41) is 13.6. The van der Waals surface area contributed by atoms with Crippen molar-refractivity contribution in [2.24, 2.45) is 0 Å². The van der Waals surface area contributed by atoms with Crippen LogP contribution in [0.3, 0.4) is 0 Å². The lowest BCUT2D eigenvalue weighted by molar-refractivity contribution is 0.0697. The minimum Gasteiger partial charge on any atom is -0.493 e. The van der Waals surface area contributed by atoms with Crippen LogP contribution in [0.1, 0.15) is 21.5 Å². The summed E-state index contributed by atoms with van der Waals surface area (Å²) in [5.74, 6) is 0.0754. The van der Waals surface area contributed by atoms with Crippen LogP contribution in [0.15, 0.2) is 54.6 Å². The number of anilines is 1. The average Bonchev–Trinajstić information content (AvgIpc) is 2.74. The normalized spacial score (nSPS) is 10.5. The minimum atomic E-state index is -0.967. The first-order valence-electron chi connectivity index (χ1n) is 8.87. The Morgan fingerprint density at radius 3 is 2.30 bits per heavy atom. The van der Waals surface area contributed by atoms with Gasteiger partial charge in [-0.05, 0) is 53.6 Å². The highest BCUT2D eigenvalue weighted by atomic mass is 35.5. The molecule has 0 bridgehead atoms. The lowest BCUT2D eigenvalue weighted by Gasteiger charge is -2.15. The van der Waals surface area contributed by atoms with Crippen molar-refractivity contribution in [3.05, 3.63) is 86.4 Å². The van der Waals surface area contributed by atoms with Gasteiger partial charge in [-0.1, -0.05) is 40.9 Å². The molecule has 0 heterocycles. The molecule has 8 heteroatoms. The van der Waals surface area contributed by atoms with E-state index in [2.05, 4.69) is 5.32 Å². The third-order valence-corrected chi connectivity index (χ3v) is 5.42. The Bertz CT molecular complexity index is 1050. The maximum absolute atomic E-state index is 10.9. The molecule has 5 nitrogen and oxygen atoms in total. The molecule has 3 aromatic rings. The first kappa shape index (κ1) is 22.1. The van der Waals surface area contributed by atoms with Crippen molar-refractivity contribution in [3.63, 3.8) is 0 Å². The summed E-state index contributed by atoms with van der Waals surface area (Å²) in [6, 6.07) is 15.2. The monoisotopic (exact) mass is 465 g/mol. The molecule has 0 radical (unpaired) electrons. The Morgan fingerprint density at radius 2 is 1.67 bits per heavy atom. The molecule has 0 spiro atoms. The van der Waals surface area contributed by atoms with Crippen molar-refractivity contribution < 1.29 is 19.4 Å². The summed E-state index contributed by atoms with van der Waals surface area (Å²) in [4.78, 5) is 10.9. The van der Waals surface area contributed by atoms with Gasteiger partial charge in [-0.3, -0.25) is 0 Å². The fourth-order valence-electron chi connectivity index (χ4n) is 2.70. The summed E-state index contributed by atoms with van der Waals surface area (Å²) >= 11 is 18.4. The third kappa shape index (κ3) is 5.51. The number of carbonyl (C=O) groups is 1. The second kappa shape index (κ2) is 9.94.